The number of rotatable bonds is 0. The van der Waals surface area contributed by atoms with Gasteiger partial charge >= 0.3 is 0 Å². The molecule has 0 spiro atoms. The van der Waals surface area contributed by atoms with Crippen LogP contribution in [0.1, 0.15) is 20.8 Å². The molecule has 0 saturated carbocycles. The summed E-state index contributed by atoms with van der Waals surface area (Å²) in [6.45, 7) is 10.0. The van der Waals surface area contributed by atoms with E-state index >= 15 is 0 Å². The monoisotopic (exact) mass is 91.1 g/mol. The molecule has 0 fully saturated rings. The normalized spacial score (nSPS) is 9.57. The van der Waals surface area contributed by atoms with Crippen LogP contribution in [0.3, 0.4) is 0 Å². The van der Waals surface area contributed by atoms with Gasteiger partial charge in [-0.15, -0.1) is 6.58 Å². The van der Waals surface area contributed by atoms with Gasteiger partial charge in [0.05, 0.1) is 0 Å². The van der Waals surface area contributed by atoms with Crippen molar-refractivity contribution in [3.63, 3.8) is 0 Å². The van der Waals surface area contributed by atoms with E-state index in [1.165, 1.54) is 0 Å². The first-order valence-electron chi connectivity index (χ1n) is 2.20. The zero-order chi connectivity index (χ0) is 5.21. The first-order valence-corrected chi connectivity index (χ1v) is 2.20. The van der Waals surface area contributed by atoms with E-state index < -0.39 is 0 Å². The van der Waals surface area contributed by atoms with Gasteiger partial charge in [-0.1, -0.05) is 26.8 Å². The Balaban J connectivity index is 0. The van der Waals surface area contributed by atoms with E-state index in [0.717, 1.165) is 0 Å². The molecule has 0 unspecified atom stereocenters. The predicted octanol–water partition coefficient (Wildman–Crippen LogP) is 1.84. The maximum atomic E-state index is 3.63. The minimum atomic E-state index is 0. The molecule has 0 aliphatic heterocycles. The average molecular weight is 91.1 g/mol. The molecule has 0 aliphatic rings. The topological polar surface area (TPSA) is 0 Å². The SMILES string of the molecule is C=CC(C)(C)C.[Li]. The zero-order valence-electron chi connectivity index (χ0n) is 5.78. The molecule has 0 aromatic carbocycles. The second-order valence-corrected chi connectivity index (χ2v) is 2.57. The molecule has 0 aromatic heterocycles. The van der Waals surface area contributed by atoms with Crippen LogP contribution in [0.5, 0.6) is 0 Å². The number of hydrogen-bond donors (Lipinski definition) is 0. The van der Waals surface area contributed by atoms with Crippen molar-refractivity contribution < 1.29 is 0 Å². The van der Waals surface area contributed by atoms with Crippen LogP contribution in [0.15, 0.2) is 12.7 Å². The van der Waals surface area contributed by atoms with Gasteiger partial charge < -0.3 is 0 Å². The summed E-state index contributed by atoms with van der Waals surface area (Å²) in [7, 11) is 0. The smallest absolute Gasteiger partial charge is 0 e. The van der Waals surface area contributed by atoms with E-state index in [1.807, 2.05) is 6.08 Å². The van der Waals surface area contributed by atoms with Crippen LogP contribution in [-0.2, 0) is 0 Å². The molecule has 0 bridgehead atoms. The minimum Gasteiger partial charge on any atom is -0.103 e. The first-order chi connectivity index (χ1) is 2.56. The summed E-state index contributed by atoms with van der Waals surface area (Å²) >= 11 is 0. The Hall–Kier alpha value is 0.337. The number of allylic oxidation sites excluding steroid dienone is 1. The molecule has 0 N–H and O–H groups in total. The predicted molar refractivity (Wildman–Crippen MR) is 35.4 cm³/mol. The Labute approximate surface area is 58.2 Å². The Morgan fingerprint density at radius 1 is 1.29 bits per heavy atom. The molecule has 0 aliphatic carbocycles. The number of hydrogen-bond acceptors (Lipinski definition) is 0. The first kappa shape index (κ1) is 10.3. The fourth-order valence-electron chi connectivity index (χ4n) is 0. The fourth-order valence-corrected chi connectivity index (χ4v) is 0. The minimum absolute atomic E-state index is 0. The van der Waals surface area contributed by atoms with E-state index in [1.54, 1.807) is 0 Å². The van der Waals surface area contributed by atoms with Crippen molar-refractivity contribution >= 4 is 18.9 Å². The molecule has 0 aromatic rings. The Morgan fingerprint density at radius 3 is 1.43 bits per heavy atom. The van der Waals surface area contributed by atoms with Gasteiger partial charge in [0.15, 0.2) is 0 Å². The van der Waals surface area contributed by atoms with Gasteiger partial charge in [-0.05, 0) is 5.41 Å². The molecule has 0 heterocycles. The molecule has 0 saturated heterocycles. The summed E-state index contributed by atoms with van der Waals surface area (Å²) in [4.78, 5) is 0. The van der Waals surface area contributed by atoms with Gasteiger partial charge in [-0.2, -0.15) is 0 Å². The van der Waals surface area contributed by atoms with E-state index in [2.05, 4.69) is 27.4 Å². The second kappa shape index (κ2) is 3.35. The van der Waals surface area contributed by atoms with E-state index in [4.69, 9.17) is 0 Å². The summed E-state index contributed by atoms with van der Waals surface area (Å²) in [5, 5.41) is 0. The van der Waals surface area contributed by atoms with Gasteiger partial charge in [0, 0.05) is 18.9 Å². The van der Waals surface area contributed by atoms with Crippen LogP contribution in [0.2, 0.25) is 0 Å². The van der Waals surface area contributed by atoms with Crippen molar-refractivity contribution in [3.8, 4) is 0 Å². The van der Waals surface area contributed by atoms with Crippen LogP contribution >= 0.6 is 0 Å². The molecule has 7 heavy (non-hydrogen) atoms. The van der Waals surface area contributed by atoms with Gasteiger partial charge in [0.1, 0.15) is 0 Å². The standard InChI is InChI=1S/C6H12.Li/c1-5-6(2,3)4;/h5H,1H2,2-4H3;. The average Bonchev–Trinajstić information content (AvgIpc) is 1.35. The molecular formula is C6H12Li. The summed E-state index contributed by atoms with van der Waals surface area (Å²) in [5.41, 5.74) is 0.306. The maximum Gasteiger partial charge on any atom is 0 e. The molecular weight excluding hydrogens is 79.0 g/mol. The van der Waals surface area contributed by atoms with Crippen LogP contribution in [0.4, 0.5) is 0 Å². The summed E-state index contributed by atoms with van der Waals surface area (Å²) in [5.74, 6) is 0. The van der Waals surface area contributed by atoms with Gasteiger partial charge in [0.25, 0.3) is 0 Å². The third kappa shape index (κ3) is 10.7. The Morgan fingerprint density at radius 2 is 1.43 bits per heavy atom. The quantitative estimate of drug-likeness (QED) is 0.315. The molecule has 1 heteroatoms. The molecule has 0 nitrogen and oxygen atoms in total. The van der Waals surface area contributed by atoms with Gasteiger partial charge in [-0.25, -0.2) is 0 Å². The molecule has 37 valence electrons. The van der Waals surface area contributed by atoms with Crippen molar-refractivity contribution in [1.29, 1.82) is 0 Å². The Kier molecular flexibility index (Phi) is 4.96. The molecule has 0 atom stereocenters. The molecule has 0 amide bonds. The summed E-state index contributed by atoms with van der Waals surface area (Å²) in [6.07, 6.45) is 1.94. The largest absolute Gasteiger partial charge is 0.103 e. The third-order valence-corrected chi connectivity index (χ3v) is 0.612. The van der Waals surface area contributed by atoms with Crippen molar-refractivity contribution in [2.24, 2.45) is 5.41 Å². The molecule has 1 radical (unpaired) electrons. The van der Waals surface area contributed by atoms with E-state index in [0.29, 0.717) is 5.41 Å². The maximum absolute atomic E-state index is 3.63. The van der Waals surface area contributed by atoms with Crippen LogP contribution in [-0.4, -0.2) is 18.9 Å². The summed E-state index contributed by atoms with van der Waals surface area (Å²) in [6, 6.07) is 0. The van der Waals surface area contributed by atoms with Gasteiger partial charge in [0.2, 0.25) is 0 Å². The van der Waals surface area contributed by atoms with Crippen molar-refractivity contribution in [2.75, 3.05) is 0 Å². The van der Waals surface area contributed by atoms with Crippen LogP contribution in [0.25, 0.3) is 0 Å². The van der Waals surface area contributed by atoms with E-state index in [-0.39, 0.29) is 18.9 Å². The third-order valence-electron chi connectivity index (χ3n) is 0.612. The van der Waals surface area contributed by atoms with Gasteiger partial charge in [-0.3, -0.25) is 0 Å². The van der Waals surface area contributed by atoms with Crippen molar-refractivity contribution in [3.05, 3.63) is 12.7 Å². The molecule has 0 rings (SSSR count). The van der Waals surface area contributed by atoms with Crippen molar-refractivity contribution in [1.82, 2.24) is 0 Å². The summed E-state index contributed by atoms with van der Waals surface area (Å²) < 4.78 is 0. The van der Waals surface area contributed by atoms with Crippen LogP contribution < -0.4 is 0 Å². The fraction of sp³-hybridized carbons (Fsp3) is 0.667. The zero-order valence-corrected chi connectivity index (χ0v) is 5.78. The van der Waals surface area contributed by atoms with E-state index in [9.17, 15) is 0 Å². The second-order valence-electron chi connectivity index (χ2n) is 2.57. The van der Waals surface area contributed by atoms with Crippen LogP contribution in [0, 0.1) is 5.41 Å². The Bertz CT molecular complexity index is 49.7. The van der Waals surface area contributed by atoms with Crippen molar-refractivity contribution in [2.45, 2.75) is 20.8 Å².